The fourth-order valence-corrected chi connectivity index (χ4v) is 2.56. The molecule has 2 aromatic rings. The molecule has 0 aliphatic carbocycles. The topological polar surface area (TPSA) is 55.4 Å². The summed E-state index contributed by atoms with van der Waals surface area (Å²) in [5.41, 5.74) is 3.85. The van der Waals surface area contributed by atoms with Gasteiger partial charge in [-0.15, -0.1) is 0 Å². The molecule has 0 unspecified atom stereocenters. The first-order chi connectivity index (χ1) is 12.5. The number of hydrogen-bond donors (Lipinski definition) is 1. The number of para-hydroxylation sites is 1. The smallest absolute Gasteiger partial charge is 0.331 e. The van der Waals surface area contributed by atoms with Gasteiger partial charge in [-0.25, -0.2) is 4.79 Å². The molecule has 2 aromatic carbocycles. The lowest BCUT2D eigenvalue weighted by Crippen LogP contribution is -2.21. The molecule has 0 heterocycles. The van der Waals surface area contributed by atoms with Gasteiger partial charge in [0.05, 0.1) is 0 Å². The van der Waals surface area contributed by atoms with Crippen LogP contribution >= 0.6 is 0 Å². The number of ether oxygens (including phenoxy) is 1. The maximum absolute atomic E-state index is 12.1. The lowest BCUT2D eigenvalue weighted by molar-refractivity contribution is -0.142. The molecule has 1 N–H and O–H groups in total. The molecule has 0 radical (unpaired) electrons. The van der Waals surface area contributed by atoms with Crippen molar-refractivity contribution in [1.82, 2.24) is 0 Å². The average Bonchev–Trinajstić information content (AvgIpc) is 2.65. The van der Waals surface area contributed by atoms with E-state index in [0.717, 1.165) is 28.8 Å². The molecular weight excluding hydrogens is 326 g/mol. The van der Waals surface area contributed by atoms with Crippen molar-refractivity contribution in [2.45, 2.75) is 33.1 Å². The second kappa shape index (κ2) is 9.56. The summed E-state index contributed by atoms with van der Waals surface area (Å²) >= 11 is 0. The van der Waals surface area contributed by atoms with Crippen molar-refractivity contribution in [1.29, 1.82) is 0 Å². The normalized spacial score (nSPS) is 12.0. The Morgan fingerprint density at radius 3 is 2.54 bits per heavy atom. The number of carbonyl (C=O) groups is 2. The minimum atomic E-state index is -0.543. The van der Waals surface area contributed by atoms with Gasteiger partial charge in [0.25, 0.3) is 5.91 Å². The number of hydrogen-bond acceptors (Lipinski definition) is 3. The summed E-state index contributed by atoms with van der Waals surface area (Å²) in [5, 5.41) is 2.82. The van der Waals surface area contributed by atoms with Crippen molar-refractivity contribution in [3.63, 3.8) is 0 Å². The van der Waals surface area contributed by atoms with Gasteiger partial charge in [0.15, 0.2) is 6.61 Å². The molecule has 4 nitrogen and oxygen atoms in total. The van der Waals surface area contributed by atoms with Gasteiger partial charge in [-0.05, 0) is 48.1 Å². The van der Waals surface area contributed by atoms with Crippen LogP contribution in [0.25, 0.3) is 6.08 Å². The molecule has 2 rings (SSSR count). The van der Waals surface area contributed by atoms with Crippen LogP contribution in [0.2, 0.25) is 0 Å². The van der Waals surface area contributed by atoms with E-state index in [2.05, 4.69) is 19.2 Å². The van der Waals surface area contributed by atoms with Crippen molar-refractivity contribution in [3.05, 3.63) is 71.3 Å². The van der Waals surface area contributed by atoms with Gasteiger partial charge in [0.2, 0.25) is 0 Å². The van der Waals surface area contributed by atoms with Crippen LogP contribution in [0.3, 0.4) is 0 Å². The zero-order chi connectivity index (χ0) is 18.9. The third-order valence-electron chi connectivity index (χ3n) is 4.31. The zero-order valence-electron chi connectivity index (χ0n) is 15.5. The van der Waals surface area contributed by atoms with Crippen molar-refractivity contribution in [3.8, 4) is 0 Å². The highest BCUT2D eigenvalue weighted by Crippen LogP contribution is 2.26. The van der Waals surface area contributed by atoms with Crippen molar-refractivity contribution in [2.75, 3.05) is 11.9 Å². The van der Waals surface area contributed by atoms with E-state index in [1.807, 2.05) is 55.5 Å². The van der Waals surface area contributed by atoms with Crippen LogP contribution in [0.15, 0.2) is 54.6 Å². The number of carbonyl (C=O) groups excluding carboxylic acids is 2. The first-order valence-electron chi connectivity index (χ1n) is 8.80. The molecular formula is C22H25NO3. The van der Waals surface area contributed by atoms with Crippen LogP contribution in [-0.4, -0.2) is 18.5 Å². The fraction of sp³-hybridized carbons (Fsp3) is 0.273. The maximum atomic E-state index is 12.1. The SMILES string of the molecule is CC[C@@H](C)c1ccccc1NC(=O)COC(=O)/C=C/c1ccccc1C. The number of nitrogens with one attached hydrogen (secondary N) is 1. The molecule has 0 saturated heterocycles. The monoisotopic (exact) mass is 351 g/mol. The number of anilines is 1. The molecule has 4 heteroatoms. The van der Waals surface area contributed by atoms with E-state index in [-0.39, 0.29) is 12.5 Å². The molecule has 136 valence electrons. The Labute approximate surface area is 154 Å². The van der Waals surface area contributed by atoms with Gasteiger partial charge in [0.1, 0.15) is 0 Å². The highest BCUT2D eigenvalue weighted by atomic mass is 16.5. The van der Waals surface area contributed by atoms with Crippen LogP contribution in [0.4, 0.5) is 5.69 Å². The lowest BCUT2D eigenvalue weighted by atomic mass is 9.97. The van der Waals surface area contributed by atoms with Crippen LogP contribution in [0, 0.1) is 6.92 Å². The first kappa shape index (κ1) is 19.4. The second-order valence-corrected chi connectivity index (χ2v) is 6.24. The quantitative estimate of drug-likeness (QED) is 0.581. The molecule has 0 aromatic heterocycles. The third kappa shape index (κ3) is 5.59. The second-order valence-electron chi connectivity index (χ2n) is 6.24. The summed E-state index contributed by atoms with van der Waals surface area (Å²) < 4.78 is 5.03. The van der Waals surface area contributed by atoms with E-state index >= 15 is 0 Å². The van der Waals surface area contributed by atoms with Gasteiger partial charge < -0.3 is 10.1 Å². The third-order valence-corrected chi connectivity index (χ3v) is 4.31. The molecule has 26 heavy (non-hydrogen) atoms. The van der Waals surface area contributed by atoms with E-state index in [1.165, 1.54) is 6.08 Å². The Kier molecular flexibility index (Phi) is 7.15. The van der Waals surface area contributed by atoms with Gasteiger partial charge in [-0.1, -0.05) is 56.3 Å². The van der Waals surface area contributed by atoms with Crippen molar-refractivity contribution in [2.24, 2.45) is 0 Å². The van der Waals surface area contributed by atoms with Gasteiger partial charge in [-0.2, -0.15) is 0 Å². The molecule has 0 bridgehead atoms. The molecule has 0 aliphatic rings. The first-order valence-corrected chi connectivity index (χ1v) is 8.80. The molecule has 0 saturated carbocycles. The van der Waals surface area contributed by atoms with Gasteiger partial charge >= 0.3 is 5.97 Å². The van der Waals surface area contributed by atoms with Crippen molar-refractivity contribution >= 4 is 23.6 Å². The van der Waals surface area contributed by atoms with E-state index in [9.17, 15) is 9.59 Å². The van der Waals surface area contributed by atoms with Crippen LogP contribution < -0.4 is 5.32 Å². The number of aryl methyl sites for hydroxylation is 1. The Morgan fingerprint density at radius 1 is 1.12 bits per heavy atom. The summed E-state index contributed by atoms with van der Waals surface area (Å²) in [6, 6.07) is 15.4. The van der Waals surface area contributed by atoms with Crippen LogP contribution in [0.5, 0.6) is 0 Å². The highest BCUT2D eigenvalue weighted by molar-refractivity contribution is 5.95. The summed E-state index contributed by atoms with van der Waals surface area (Å²) in [4.78, 5) is 23.9. The number of esters is 1. The molecule has 0 aliphatic heterocycles. The van der Waals surface area contributed by atoms with E-state index < -0.39 is 5.97 Å². The average molecular weight is 351 g/mol. The summed E-state index contributed by atoms with van der Waals surface area (Å²) in [5.74, 6) is -0.553. The number of rotatable bonds is 7. The highest BCUT2D eigenvalue weighted by Gasteiger charge is 2.12. The minimum Gasteiger partial charge on any atom is -0.452 e. The Hall–Kier alpha value is -2.88. The minimum absolute atomic E-state index is 0.314. The van der Waals surface area contributed by atoms with E-state index in [0.29, 0.717) is 5.92 Å². The summed E-state index contributed by atoms with van der Waals surface area (Å²) in [6.45, 7) is 5.87. The predicted molar refractivity (Wildman–Crippen MR) is 105 cm³/mol. The molecule has 1 amide bonds. The van der Waals surface area contributed by atoms with E-state index in [1.54, 1.807) is 6.08 Å². The van der Waals surface area contributed by atoms with Gasteiger partial charge in [0, 0.05) is 11.8 Å². The summed E-state index contributed by atoms with van der Waals surface area (Å²) in [6.07, 6.45) is 4.00. The molecule has 1 atom stereocenters. The molecule has 0 fully saturated rings. The van der Waals surface area contributed by atoms with Gasteiger partial charge in [-0.3, -0.25) is 4.79 Å². The van der Waals surface area contributed by atoms with E-state index in [4.69, 9.17) is 4.74 Å². The largest absolute Gasteiger partial charge is 0.452 e. The standard InChI is InChI=1S/C22H25NO3/c1-4-16(2)19-11-7-8-12-20(19)23-21(24)15-26-22(25)14-13-18-10-6-5-9-17(18)3/h5-14,16H,4,15H2,1-3H3,(H,23,24)/b14-13+/t16-/m1/s1. The Balaban J connectivity index is 1.89. The van der Waals surface area contributed by atoms with Crippen LogP contribution in [-0.2, 0) is 14.3 Å². The zero-order valence-corrected chi connectivity index (χ0v) is 15.5. The van der Waals surface area contributed by atoms with Crippen molar-refractivity contribution < 1.29 is 14.3 Å². The maximum Gasteiger partial charge on any atom is 0.331 e. The van der Waals surface area contributed by atoms with Crippen LogP contribution in [0.1, 0.15) is 42.9 Å². The lowest BCUT2D eigenvalue weighted by Gasteiger charge is -2.15. The predicted octanol–water partition coefficient (Wildman–Crippen LogP) is 4.70. The number of benzene rings is 2. The molecule has 0 spiro atoms. The Bertz CT molecular complexity index is 795. The number of amides is 1. The Morgan fingerprint density at radius 2 is 1.81 bits per heavy atom. The summed E-state index contributed by atoms with van der Waals surface area (Å²) in [7, 11) is 0. The fourth-order valence-electron chi connectivity index (χ4n) is 2.56.